The number of carboxylic acids is 1. The summed E-state index contributed by atoms with van der Waals surface area (Å²) in [6.45, 7) is 2.33. The van der Waals surface area contributed by atoms with Gasteiger partial charge >= 0.3 is 5.97 Å². The zero-order valence-electron chi connectivity index (χ0n) is 19.1. The maximum atomic E-state index is 12.1. The average molecular weight is 500 g/mol. The van der Waals surface area contributed by atoms with Crippen LogP contribution in [0.2, 0.25) is 0 Å². The highest BCUT2D eigenvalue weighted by molar-refractivity contribution is 8.01. The maximum absolute atomic E-state index is 12.1. The molecule has 1 aromatic carbocycles. The Morgan fingerprint density at radius 3 is 2.97 bits per heavy atom. The second-order valence-electron chi connectivity index (χ2n) is 8.40. The monoisotopic (exact) mass is 499 g/mol. The largest absolute Gasteiger partial charge is 0.497 e. The molecule has 4 rings (SSSR count). The lowest BCUT2D eigenvalue weighted by Gasteiger charge is -2.36. The van der Waals surface area contributed by atoms with Crippen molar-refractivity contribution < 1.29 is 19.8 Å². The van der Waals surface area contributed by atoms with E-state index in [1.165, 1.54) is 4.21 Å². The summed E-state index contributed by atoms with van der Waals surface area (Å²) in [7, 11) is 1.61. The summed E-state index contributed by atoms with van der Waals surface area (Å²) >= 11 is 3.56. The summed E-state index contributed by atoms with van der Waals surface area (Å²) in [6, 6.07) is 11.6. The predicted molar refractivity (Wildman–Crippen MR) is 137 cm³/mol. The Labute approximate surface area is 207 Å². The molecule has 0 spiro atoms. The molecule has 2 unspecified atom stereocenters. The minimum Gasteiger partial charge on any atom is -0.497 e. The Morgan fingerprint density at radius 1 is 1.35 bits per heavy atom. The molecule has 2 atom stereocenters. The molecule has 0 amide bonds. The van der Waals surface area contributed by atoms with Crippen LogP contribution in [0, 0.1) is 11.8 Å². The number of piperidine rings is 1. The Bertz CT molecular complexity index is 1140. The van der Waals surface area contributed by atoms with Crippen molar-refractivity contribution in [3.8, 4) is 5.75 Å². The summed E-state index contributed by atoms with van der Waals surface area (Å²) in [4.78, 5) is 18.7. The van der Waals surface area contributed by atoms with E-state index in [1.54, 1.807) is 24.6 Å². The van der Waals surface area contributed by atoms with Gasteiger partial charge < -0.3 is 20.0 Å². The van der Waals surface area contributed by atoms with E-state index in [0.29, 0.717) is 30.8 Å². The number of carboxylic acid groups (broad SMARTS) is 1. The number of oxime groups is 1. The van der Waals surface area contributed by atoms with E-state index in [9.17, 15) is 15.1 Å². The number of hydrogen-bond donors (Lipinski definition) is 2. The third kappa shape index (κ3) is 5.89. The van der Waals surface area contributed by atoms with Gasteiger partial charge in [-0.1, -0.05) is 11.2 Å². The average Bonchev–Trinajstić information content (AvgIpc) is 3.38. The molecule has 0 saturated carbocycles. The van der Waals surface area contributed by atoms with E-state index in [4.69, 9.17) is 4.74 Å². The van der Waals surface area contributed by atoms with E-state index >= 15 is 0 Å². The summed E-state index contributed by atoms with van der Waals surface area (Å²) in [5, 5.41) is 26.2. The van der Waals surface area contributed by atoms with Crippen LogP contribution in [0.25, 0.3) is 10.9 Å². The summed E-state index contributed by atoms with van der Waals surface area (Å²) < 4.78 is 6.64. The molecular formula is C25H29N3O4S2. The zero-order chi connectivity index (χ0) is 23.9. The van der Waals surface area contributed by atoms with Gasteiger partial charge in [-0.2, -0.15) is 0 Å². The minimum absolute atomic E-state index is 0.0399. The van der Waals surface area contributed by atoms with E-state index in [2.05, 4.69) is 26.5 Å². The fraction of sp³-hybridized carbons (Fsp3) is 0.400. The molecule has 180 valence electrons. The molecule has 2 aromatic heterocycles. The number of carbonyl (C=O) groups is 1. The summed E-state index contributed by atoms with van der Waals surface area (Å²) in [6.07, 6.45) is 3.67. The van der Waals surface area contributed by atoms with Crippen LogP contribution in [0.5, 0.6) is 5.75 Å². The molecular weight excluding hydrogens is 470 g/mol. The Balaban J connectivity index is 1.39. The Morgan fingerprint density at radius 2 is 2.24 bits per heavy atom. The van der Waals surface area contributed by atoms with Crippen molar-refractivity contribution in [2.24, 2.45) is 17.0 Å². The SMILES string of the molecule is COc1ccc2nccc(C(CCC3CCN(CCSc4cccs4)CC3C(=O)O)=NO)c2c1. The van der Waals surface area contributed by atoms with Gasteiger partial charge in [-0.25, -0.2) is 0 Å². The molecule has 0 bridgehead atoms. The normalized spacial score (nSPS) is 19.4. The number of likely N-dealkylation sites (tertiary alicyclic amines) is 1. The molecule has 1 aliphatic rings. The Hall–Kier alpha value is -2.62. The van der Waals surface area contributed by atoms with Crippen molar-refractivity contribution in [1.82, 2.24) is 9.88 Å². The maximum Gasteiger partial charge on any atom is 0.308 e. The van der Waals surface area contributed by atoms with Crippen LogP contribution in [0.15, 0.2) is 57.3 Å². The molecule has 1 fully saturated rings. The number of thiophene rings is 1. The lowest BCUT2D eigenvalue weighted by molar-refractivity contribution is -0.146. The molecule has 0 radical (unpaired) electrons. The van der Waals surface area contributed by atoms with Crippen molar-refractivity contribution in [3.63, 3.8) is 0 Å². The van der Waals surface area contributed by atoms with Gasteiger partial charge in [0.25, 0.3) is 0 Å². The highest BCUT2D eigenvalue weighted by Crippen LogP contribution is 2.31. The topological polar surface area (TPSA) is 95.2 Å². The Kier molecular flexibility index (Phi) is 8.42. The number of aliphatic carboxylic acids is 1. The molecule has 0 aliphatic carbocycles. The third-order valence-corrected chi connectivity index (χ3v) is 8.55. The smallest absolute Gasteiger partial charge is 0.308 e. The third-order valence-electron chi connectivity index (χ3n) is 6.44. The van der Waals surface area contributed by atoms with Crippen LogP contribution < -0.4 is 4.74 Å². The van der Waals surface area contributed by atoms with Gasteiger partial charge in [0, 0.05) is 36.0 Å². The molecule has 34 heavy (non-hydrogen) atoms. The van der Waals surface area contributed by atoms with Crippen molar-refractivity contribution in [3.05, 3.63) is 53.5 Å². The summed E-state index contributed by atoms with van der Waals surface area (Å²) in [5.74, 6) is 0.529. The molecule has 1 aliphatic heterocycles. The predicted octanol–water partition coefficient (Wildman–Crippen LogP) is 5.08. The number of methoxy groups -OCH3 is 1. The van der Waals surface area contributed by atoms with Crippen LogP contribution in [0.3, 0.4) is 0 Å². The second kappa shape index (κ2) is 11.7. The van der Waals surface area contributed by atoms with Crippen LogP contribution in [-0.4, -0.2) is 64.4 Å². The van der Waals surface area contributed by atoms with Crippen molar-refractivity contribution in [1.29, 1.82) is 0 Å². The quantitative estimate of drug-likeness (QED) is 0.174. The first-order valence-electron chi connectivity index (χ1n) is 11.3. The van der Waals surface area contributed by atoms with Crippen molar-refractivity contribution in [2.75, 3.05) is 32.5 Å². The summed E-state index contributed by atoms with van der Waals surface area (Å²) in [5.41, 5.74) is 2.12. The highest BCUT2D eigenvalue weighted by atomic mass is 32.2. The molecule has 7 nitrogen and oxygen atoms in total. The van der Waals surface area contributed by atoms with E-state index in [1.807, 2.05) is 42.1 Å². The highest BCUT2D eigenvalue weighted by Gasteiger charge is 2.34. The van der Waals surface area contributed by atoms with Crippen LogP contribution in [0.1, 0.15) is 24.8 Å². The lowest BCUT2D eigenvalue weighted by Crippen LogP contribution is -2.44. The molecule has 2 N–H and O–H groups in total. The van der Waals surface area contributed by atoms with E-state index in [-0.39, 0.29) is 5.92 Å². The number of hydrogen-bond acceptors (Lipinski definition) is 8. The number of fused-ring (bicyclic) bond motifs is 1. The second-order valence-corrected chi connectivity index (χ2v) is 10.7. The molecule has 3 heterocycles. The fourth-order valence-electron chi connectivity index (χ4n) is 4.58. The van der Waals surface area contributed by atoms with Crippen LogP contribution in [0.4, 0.5) is 0 Å². The minimum atomic E-state index is -0.748. The number of thioether (sulfide) groups is 1. The first kappa shape index (κ1) is 24.5. The number of benzene rings is 1. The number of nitrogens with zero attached hydrogens (tertiary/aromatic N) is 3. The fourth-order valence-corrected chi connectivity index (χ4v) is 6.44. The standard InChI is InChI=1S/C25H29N3O4S2/c1-32-18-5-7-22-20(15-18)19(8-10-26-22)23(27-31)6-4-17-9-11-28(16-21(17)25(29)30)12-14-34-24-3-2-13-33-24/h2-3,5,7-8,10,13,15,17,21,31H,4,6,9,11-12,14,16H2,1H3,(H,29,30). The number of rotatable bonds is 10. The van der Waals surface area contributed by atoms with Gasteiger partial charge in [0.1, 0.15) is 5.75 Å². The van der Waals surface area contributed by atoms with Crippen LogP contribution in [-0.2, 0) is 4.79 Å². The van der Waals surface area contributed by atoms with Crippen molar-refractivity contribution >= 4 is 45.7 Å². The number of ether oxygens (including phenoxy) is 1. The number of aromatic nitrogens is 1. The van der Waals surface area contributed by atoms with Gasteiger partial charge in [-0.05, 0) is 67.4 Å². The van der Waals surface area contributed by atoms with Gasteiger partial charge in [0.05, 0.1) is 28.5 Å². The molecule has 9 heteroatoms. The zero-order valence-corrected chi connectivity index (χ0v) is 20.7. The lowest BCUT2D eigenvalue weighted by atomic mass is 9.81. The van der Waals surface area contributed by atoms with Crippen molar-refractivity contribution in [2.45, 2.75) is 23.5 Å². The molecule has 3 aromatic rings. The van der Waals surface area contributed by atoms with Gasteiger partial charge in [0.15, 0.2) is 0 Å². The van der Waals surface area contributed by atoms with Gasteiger partial charge in [0.2, 0.25) is 0 Å². The molecule has 1 saturated heterocycles. The van der Waals surface area contributed by atoms with E-state index in [0.717, 1.165) is 41.7 Å². The first-order valence-corrected chi connectivity index (χ1v) is 13.2. The van der Waals surface area contributed by atoms with E-state index < -0.39 is 11.9 Å². The van der Waals surface area contributed by atoms with Gasteiger partial charge in [-0.3, -0.25) is 9.78 Å². The first-order chi connectivity index (χ1) is 16.6. The number of pyridine rings is 1. The van der Waals surface area contributed by atoms with Gasteiger partial charge in [-0.15, -0.1) is 23.1 Å². The van der Waals surface area contributed by atoms with Crippen LogP contribution >= 0.6 is 23.1 Å².